The van der Waals surface area contributed by atoms with Crippen molar-refractivity contribution in [2.45, 2.75) is 50.0 Å². The van der Waals surface area contributed by atoms with Crippen LogP contribution in [0.1, 0.15) is 38.5 Å². The number of nitrogens with one attached hydrogen (secondary N) is 1. The highest BCUT2D eigenvalue weighted by atomic mass is 32.2. The predicted molar refractivity (Wildman–Crippen MR) is 98.1 cm³/mol. The lowest BCUT2D eigenvalue weighted by Gasteiger charge is -2.36. The zero-order valence-corrected chi connectivity index (χ0v) is 15.2. The van der Waals surface area contributed by atoms with Gasteiger partial charge in [-0.05, 0) is 40.8 Å². The standard InChI is InChI=1S/C18H25N5OS/c24-17(19-11-12-25-16-7-3-1-4-8-16)13-18(9-5-2-6-10-18)14-23-15-20-21-22-23/h1,3-4,7-8,15H,2,5-6,9-14H2,(H,19,24). The molecule has 1 saturated carbocycles. The van der Waals surface area contributed by atoms with Crippen molar-refractivity contribution in [3.05, 3.63) is 36.7 Å². The Morgan fingerprint density at radius 2 is 2.00 bits per heavy atom. The van der Waals surface area contributed by atoms with Gasteiger partial charge < -0.3 is 5.32 Å². The third kappa shape index (κ3) is 5.56. The lowest BCUT2D eigenvalue weighted by atomic mass is 9.71. The van der Waals surface area contributed by atoms with Crippen molar-refractivity contribution < 1.29 is 4.79 Å². The summed E-state index contributed by atoms with van der Waals surface area (Å²) in [4.78, 5) is 13.7. The Labute approximate surface area is 152 Å². The van der Waals surface area contributed by atoms with Gasteiger partial charge in [-0.15, -0.1) is 16.9 Å². The average Bonchev–Trinajstić information content (AvgIpc) is 3.13. The van der Waals surface area contributed by atoms with Crippen LogP contribution in [-0.2, 0) is 11.3 Å². The molecule has 0 saturated heterocycles. The normalized spacial score (nSPS) is 16.5. The first-order valence-corrected chi connectivity index (χ1v) is 9.90. The molecule has 0 radical (unpaired) electrons. The van der Waals surface area contributed by atoms with Crippen molar-refractivity contribution in [3.63, 3.8) is 0 Å². The fourth-order valence-corrected chi connectivity index (χ4v) is 4.36. The summed E-state index contributed by atoms with van der Waals surface area (Å²) in [6, 6.07) is 10.3. The molecule has 1 aromatic carbocycles. The van der Waals surface area contributed by atoms with E-state index in [-0.39, 0.29) is 11.3 Å². The number of amides is 1. The van der Waals surface area contributed by atoms with Gasteiger partial charge in [0.1, 0.15) is 6.33 Å². The van der Waals surface area contributed by atoms with E-state index in [9.17, 15) is 4.79 Å². The number of nitrogens with zero attached hydrogens (tertiary/aromatic N) is 4. The highest BCUT2D eigenvalue weighted by Crippen LogP contribution is 2.40. The Morgan fingerprint density at radius 3 is 2.72 bits per heavy atom. The Bertz CT molecular complexity index is 641. The molecule has 134 valence electrons. The van der Waals surface area contributed by atoms with Gasteiger partial charge in [0.15, 0.2) is 0 Å². The molecule has 1 heterocycles. The van der Waals surface area contributed by atoms with Crippen LogP contribution in [0, 0.1) is 5.41 Å². The smallest absolute Gasteiger partial charge is 0.220 e. The first-order chi connectivity index (χ1) is 12.3. The van der Waals surface area contributed by atoms with Crippen molar-refractivity contribution in [1.82, 2.24) is 25.5 Å². The molecule has 1 aromatic heterocycles. The van der Waals surface area contributed by atoms with Gasteiger partial charge in [-0.1, -0.05) is 37.5 Å². The van der Waals surface area contributed by atoms with Crippen LogP contribution in [0.25, 0.3) is 0 Å². The summed E-state index contributed by atoms with van der Waals surface area (Å²) in [5.74, 6) is 1.03. The molecule has 2 aromatic rings. The minimum absolute atomic E-state index is 0.00964. The largest absolute Gasteiger partial charge is 0.355 e. The van der Waals surface area contributed by atoms with E-state index in [1.165, 1.54) is 24.2 Å². The fourth-order valence-electron chi connectivity index (χ4n) is 3.57. The van der Waals surface area contributed by atoms with Crippen LogP contribution in [0.15, 0.2) is 41.6 Å². The Morgan fingerprint density at radius 1 is 1.20 bits per heavy atom. The number of tetrazole rings is 1. The van der Waals surface area contributed by atoms with E-state index in [0.29, 0.717) is 13.0 Å². The summed E-state index contributed by atoms with van der Waals surface area (Å²) in [7, 11) is 0. The van der Waals surface area contributed by atoms with Gasteiger partial charge in [-0.25, -0.2) is 4.68 Å². The van der Waals surface area contributed by atoms with Gasteiger partial charge in [0.2, 0.25) is 5.91 Å². The molecular weight excluding hydrogens is 334 g/mol. The molecule has 6 nitrogen and oxygen atoms in total. The van der Waals surface area contributed by atoms with Crippen molar-refractivity contribution in [2.24, 2.45) is 5.41 Å². The number of hydrogen-bond acceptors (Lipinski definition) is 5. The average molecular weight is 359 g/mol. The summed E-state index contributed by atoms with van der Waals surface area (Å²) in [5.41, 5.74) is -0.00964. The van der Waals surface area contributed by atoms with E-state index in [4.69, 9.17) is 0 Å². The second-order valence-corrected chi connectivity index (χ2v) is 7.92. The molecule has 1 aliphatic rings. The van der Waals surface area contributed by atoms with Crippen molar-refractivity contribution in [1.29, 1.82) is 0 Å². The number of carbonyl (C=O) groups excluding carboxylic acids is 1. The molecule has 1 N–H and O–H groups in total. The molecule has 0 aliphatic heterocycles. The van der Waals surface area contributed by atoms with E-state index in [1.807, 2.05) is 18.2 Å². The summed E-state index contributed by atoms with van der Waals surface area (Å²) in [6.07, 6.45) is 7.96. The first kappa shape index (κ1) is 17.9. The summed E-state index contributed by atoms with van der Waals surface area (Å²) < 4.78 is 1.77. The zero-order valence-electron chi connectivity index (χ0n) is 14.4. The number of benzene rings is 1. The monoisotopic (exact) mass is 359 g/mol. The quantitative estimate of drug-likeness (QED) is 0.579. The molecule has 1 aliphatic carbocycles. The highest BCUT2D eigenvalue weighted by Gasteiger charge is 2.35. The topological polar surface area (TPSA) is 72.7 Å². The molecule has 3 rings (SSSR count). The molecule has 7 heteroatoms. The number of carbonyl (C=O) groups is 1. The summed E-state index contributed by atoms with van der Waals surface area (Å²) >= 11 is 1.77. The Kier molecular flexibility index (Phi) is 6.44. The molecule has 0 spiro atoms. The second kappa shape index (κ2) is 8.99. The van der Waals surface area contributed by atoms with E-state index >= 15 is 0 Å². The Balaban J connectivity index is 1.46. The molecule has 1 fully saturated rings. The fraction of sp³-hybridized carbons (Fsp3) is 0.556. The van der Waals surface area contributed by atoms with Gasteiger partial charge in [0, 0.05) is 23.6 Å². The maximum Gasteiger partial charge on any atom is 0.220 e. The molecule has 0 bridgehead atoms. The van der Waals surface area contributed by atoms with E-state index < -0.39 is 0 Å². The maximum absolute atomic E-state index is 12.5. The highest BCUT2D eigenvalue weighted by molar-refractivity contribution is 7.99. The van der Waals surface area contributed by atoms with Gasteiger partial charge in [-0.3, -0.25) is 4.79 Å². The molecule has 0 unspecified atom stereocenters. The van der Waals surface area contributed by atoms with Crippen LogP contribution in [-0.4, -0.2) is 38.4 Å². The predicted octanol–water partition coefficient (Wildman–Crippen LogP) is 2.92. The SMILES string of the molecule is O=C(CC1(Cn2cnnn2)CCCCC1)NCCSc1ccccc1. The zero-order chi connectivity index (χ0) is 17.4. The van der Waals surface area contributed by atoms with Gasteiger partial charge >= 0.3 is 0 Å². The lowest BCUT2D eigenvalue weighted by Crippen LogP contribution is -2.37. The molecule has 0 atom stereocenters. The van der Waals surface area contributed by atoms with E-state index in [0.717, 1.165) is 25.1 Å². The summed E-state index contributed by atoms with van der Waals surface area (Å²) in [5, 5.41) is 14.5. The third-order valence-corrected chi connectivity index (χ3v) is 5.79. The number of thioether (sulfide) groups is 1. The number of hydrogen-bond donors (Lipinski definition) is 1. The Hall–Kier alpha value is -1.89. The molecular formula is C18H25N5OS. The van der Waals surface area contributed by atoms with Gasteiger partial charge in [0.25, 0.3) is 0 Å². The minimum Gasteiger partial charge on any atom is -0.355 e. The molecule has 1 amide bonds. The van der Waals surface area contributed by atoms with Gasteiger partial charge in [0.05, 0.1) is 6.54 Å². The number of aromatic nitrogens is 4. The second-order valence-electron chi connectivity index (χ2n) is 6.76. The van der Waals surface area contributed by atoms with E-state index in [1.54, 1.807) is 22.8 Å². The van der Waals surface area contributed by atoms with Crippen LogP contribution in [0.2, 0.25) is 0 Å². The van der Waals surface area contributed by atoms with Crippen LogP contribution < -0.4 is 5.32 Å². The molecule has 25 heavy (non-hydrogen) atoms. The minimum atomic E-state index is -0.00964. The number of rotatable bonds is 8. The van der Waals surface area contributed by atoms with E-state index in [2.05, 4.69) is 33.0 Å². The maximum atomic E-state index is 12.5. The van der Waals surface area contributed by atoms with Crippen LogP contribution in [0.4, 0.5) is 0 Å². The van der Waals surface area contributed by atoms with Crippen molar-refractivity contribution >= 4 is 17.7 Å². The summed E-state index contributed by atoms with van der Waals surface area (Å²) in [6.45, 7) is 1.42. The van der Waals surface area contributed by atoms with Crippen molar-refractivity contribution in [3.8, 4) is 0 Å². The third-order valence-electron chi connectivity index (χ3n) is 4.77. The van der Waals surface area contributed by atoms with Crippen LogP contribution in [0.5, 0.6) is 0 Å². The lowest BCUT2D eigenvalue weighted by molar-refractivity contribution is -0.124. The van der Waals surface area contributed by atoms with Crippen molar-refractivity contribution in [2.75, 3.05) is 12.3 Å². The van der Waals surface area contributed by atoms with Crippen LogP contribution in [0.3, 0.4) is 0 Å². The first-order valence-electron chi connectivity index (χ1n) is 8.91. The van der Waals surface area contributed by atoms with Gasteiger partial charge in [-0.2, -0.15) is 0 Å². The van der Waals surface area contributed by atoms with Crippen LogP contribution >= 0.6 is 11.8 Å².